The minimum absolute atomic E-state index is 0.220. The summed E-state index contributed by atoms with van der Waals surface area (Å²) in [6.45, 7) is 2.86. The van der Waals surface area contributed by atoms with E-state index >= 15 is 0 Å². The summed E-state index contributed by atoms with van der Waals surface area (Å²) in [5.41, 5.74) is -1.19. The highest BCUT2D eigenvalue weighted by molar-refractivity contribution is 6.16. The number of carbonyl (C=O) groups excluding carboxylic acids is 4. The van der Waals surface area contributed by atoms with Gasteiger partial charge in [0.2, 0.25) is 5.75 Å². The maximum absolute atomic E-state index is 12.8. The molecule has 0 aromatic heterocycles. The molecule has 0 aliphatic heterocycles. The van der Waals surface area contributed by atoms with Crippen LogP contribution >= 0.6 is 0 Å². The van der Waals surface area contributed by atoms with Crippen molar-refractivity contribution in [3.63, 3.8) is 0 Å². The molecule has 158 valence electrons. The minimum Gasteiger partial charge on any atom is -0.504 e. The molecule has 2 aromatic carbocycles. The summed E-state index contributed by atoms with van der Waals surface area (Å²) in [7, 11) is 1.50. The van der Waals surface area contributed by atoms with Gasteiger partial charge in [-0.1, -0.05) is 12.1 Å². The number of Topliss-reactive ketones (excluding diaryl/α,β-unsaturated/α-hetero) is 2. The zero-order chi connectivity index (χ0) is 22.6. The van der Waals surface area contributed by atoms with Crippen molar-refractivity contribution in [3.05, 3.63) is 46.5 Å². The third kappa shape index (κ3) is 4.57. The van der Waals surface area contributed by atoms with Crippen molar-refractivity contribution in [2.45, 2.75) is 27.4 Å². The molecule has 0 aliphatic rings. The molecule has 30 heavy (non-hydrogen) atoms. The topological polar surface area (TPSA) is 136 Å². The van der Waals surface area contributed by atoms with Crippen LogP contribution in [-0.2, 0) is 16.1 Å². The van der Waals surface area contributed by atoms with Gasteiger partial charge in [0.25, 0.3) is 0 Å². The number of ether oxygens (including phenoxy) is 3. The zero-order valence-electron chi connectivity index (χ0n) is 16.8. The van der Waals surface area contributed by atoms with Gasteiger partial charge >= 0.3 is 11.9 Å². The van der Waals surface area contributed by atoms with E-state index in [9.17, 15) is 29.4 Å². The third-order valence-corrected chi connectivity index (χ3v) is 4.09. The Balaban J connectivity index is 2.57. The molecule has 2 rings (SSSR count). The van der Waals surface area contributed by atoms with Crippen LogP contribution in [0.5, 0.6) is 23.0 Å². The highest BCUT2D eigenvalue weighted by atomic mass is 16.5. The second-order valence-electron chi connectivity index (χ2n) is 6.28. The first kappa shape index (κ1) is 22.4. The van der Waals surface area contributed by atoms with E-state index in [1.807, 2.05) is 0 Å². The van der Waals surface area contributed by atoms with Gasteiger partial charge in [0.05, 0.1) is 23.8 Å². The quantitative estimate of drug-likeness (QED) is 0.302. The minimum atomic E-state index is -1.12. The van der Waals surface area contributed by atoms with Gasteiger partial charge in [0.1, 0.15) is 12.4 Å². The molecule has 9 heteroatoms. The number of carbonyl (C=O) groups is 4. The molecular weight excluding hydrogens is 396 g/mol. The van der Waals surface area contributed by atoms with Crippen LogP contribution in [0, 0.1) is 0 Å². The van der Waals surface area contributed by atoms with Crippen molar-refractivity contribution in [2.75, 3.05) is 7.11 Å². The molecule has 0 heterocycles. The average Bonchev–Trinajstić information content (AvgIpc) is 2.68. The SMILES string of the molecule is COc1ccc(COC(=O)c2c(C(C)=O)c(O)c(O)c(OC(C)=O)c2C(C)=O)cc1. The molecule has 0 bridgehead atoms. The van der Waals surface area contributed by atoms with E-state index in [1.54, 1.807) is 24.3 Å². The van der Waals surface area contributed by atoms with Crippen molar-refractivity contribution in [2.24, 2.45) is 0 Å². The molecule has 0 saturated carbocycles. The van der Waals surface area contributed by atoms with Gasteiger partial charge in [-0.15, -0.1) is 0 Å². The largest absolute Gasteiger partial charge is 0.504 e. The molecule has 0 amide bonds. The fourth-order valence-electron chi connectivity index (χ4n) is 2.77. The lowest BCUT2D eigenvalue weighted by atomic mass is 9.93. The van der Waals surface area contributed by atoms with Gasteiger partial charge in [0, 0.05) is 6.92 Å². The molecule has 0 atom stereocenters. The van der Waals surface area contributed by atoms with Crippen molar-refractivity contribution in [1.82, 2.24) is 0 Å². The Morgan fingerprint density at radius 3 is 1.87 bits per heavy atom. The Labute approximate surface area is 171 Å². The summed E-state index contributed by atoms with van der Waals surface area (Å²) in [5, 5.41) is 20.4. The van der Waals surface area contributed by atoms with Crippen LogP contribution in [-0.4, -0.2) is 40.8 Å². The predicted molar refractivity (Wildman–Crippen MR) is 103 cm³/mol. The van der Waals surface area contributed by atoms with Crippen molar-refractivity contribution >= 4 is 23.5 Å². The van der Waals surface area contributed by atoms with Gasteiger partial charge in [-0.25, -0.2) is 4.79 Å². The lowest BCUT2D eigenvalue weighted by Gasteiger charge is -2.18. The summed E-state index contributed by atoms with van der Waals surface area (Å²) in [6, 6.07) is 6.58. The standard InChI is InChI=1S/C21H20O9/c1-10(22)15-17(21(27)29-9-13-5-7-14(28-4)8-6-13)16(11(2)23)20(30-12(3)24)19(26)18(15)25/h5-8,25-26H,9H2,1-4H3. The number of methoxy groups -OCH3 is 1. The summed E-state index contributed by atoms with van der Waals surface area (Å²) >= 11 is 0. The molecule has 0 aliphatic carbocycles. The Morgan fingerprint density at radius 2 is 1.40 bits per heavy atom. The van der Waals surface area contributed by atoms with Crippen molar-refractivity contribution in [1.29, 1.82) is 0 Å². The number of rotatable bonds is 7. The van der Waals surface area contributed by atoms with E-state index in [4.69, 9.17) is 14.2 Å². The van der Waals surface area contributed by atoms with E-state index in [1.165, 1.54) is 7.11 Å². The van der Waals surface area contributed by atoms with Crippen LogP contribution in [0.1, 0.15) is 57.4 Å². The van der Waals surface area contributed by atoms with Gasteiger partial charge < -0.3 is 24.4 Å². The van der Waals surface area contributed by atoms with Crippen molar-refractivity contribution < 1.29 is 43.6 Å². The first-order valence-corrected chi connectivity index (χ1v) is 8.70. The maximum atomic E-state index is 12.8. The zero-order valence-corrected chi connectivity index (χ0v) is 16.8. The number of esters is 2. The summed E-state index contributed by atoms with van der Waals surface area (Å²) in [4.78, 5) is 48.5. The van der Waals surface area contributed by atoms with Crippen LogP contribution in [0.15, 0.2) is 24.3 Å². The first-order valence-electron chi connectivity index (χ1n) is 8.70. The van der Waals surface area contributed by atoms with E-state index < -0.39 is 57.4 Å². The first-order chi connectivity index (χ1) is 14.1. The number of phenolic OH excluding ortho intramolecular Hbond substituents is 2. The van der Waals surface area contributed by atoms with E-state index in [0.717, 1.165) is 20.8 Å². The van der Waals surface area contributed by atoms with Crippen LogP contribution in [0.3, 0.4) is 0 Å². The Kier molecular flexibility index (Phi) is 6.78. The second kappa shape index (κ2) is 9.08. The normalized spacial score (nSPS) is 10.3. The molecule has 9 nitrogen and oxygen atoms in total. The second-order valence-corrected chi connectivity index (χ2v) is 6.28. The van der Waals surface area contributed by atoms with Crippen LogP contribution in [0.25, 0.3) is 0 Å². The van der Waals surface area contributed by atoms with Gasteiger partial charge in [-0.05, 0) is 31.5 Å². The maximum Gasteiger partial charge on any atom is 0.340 e. The number of hydrogen-bond donors (Lipinski definition) is 2. The number of phenols is 2. The van der Waals surface area contributed by atoms with Crippen LogP contribution in [0.4, 0.5) is 0 Å². The van der Waals surface area contributed by atoms with Crippen molar-refractivity contribution in [3.8, 4) is 23.0 Å². The molecule has 0 fully saturated rings. The number of hydrogen-bond acceptors (Lipinski definition) is 9. The summed E-state index contributed by atoms with van der Waals surface area (Å²) < 4.78 is 15.1. The van der Waals surface area contributed by atoms with E-state index in [0.29, 0.717) is 11.3 Å². The fraction of sp³-hybridized carbons (Fsp3) is 0.238. The van der Waals surface area contributed by atoms with E-state index in [-0.39, 0.29) is 6.61 Å². The molecule has 2 N–H and O–H groups in total. The van der Waals surface area contributed by atoms with E-state index in [2.05, 4.69) is 0 Å². The molecular formula is C21H20O9. The molecule has 2 aromatic rings. The number of ketones is 2. The summed E-state index contributed by atoms with van der Waals surface area (Å²) in [6.07, 6.45) is 0. The van der Waals surface area contributed by atoms with Crippen LogP contribution < -0.4 is 9.47 Å². The number of aromatic hydroxyl groups is 2. The third-order valence-electron chi connectivity index (χ3n) is 4.09. The molecule has 0 saturated heterocycles. The fourth-order valence-corrected chi connectivity index (χ4v) is 2.77. The predicted octanol–water partition coefficient (Wildman–Crippen LogP) is 2.79. The average molecular weight is 416 g/mol. The smallest absolute Gasteiger partial charge is 0.340 e. The monoisotopic (exact) mass is 416 g/mol. The lowest BCUT2D eigenvalue weighted by Crippen LogP contribution is -2.18. The highest BCUT2D eigenvalue weighted by Gasteiger charge is 2.34. The lowest BCUT2D eigenvalue weighted by molar-refractivity contribution is -0.132. The Hall–Kier alpha value is -3.88. The van der Waals surface area contributed by atoms with Crippen LogP contribution in [0.2, 0.25) is 0 Å². The van der Waals surface area contributed by atoms with Gasteiger partial charge in [-0.2, -0.15) is 0 Å². The Bertz CT molecular complexity index is 1020. The van der Waals surface area contributed by atoms with Gasteiger partial charge in [0.15, 0.2) is 23.1 Å². The molecule has 0 radical (unpaired) electrons. The molecule has 0 unspecified atom stereocenters. The summed E-state index contributed by atoms with van der Waals surface area (Å²) in [5.74, 6) is -5.78. The number of benzene rings is 2. The molecule has 0 spiro atoms. The Morgan fingerprint density at radius 1 is 0.833 bits per heavy atom. The van der Waals surface area contributed by atoms with Gasteiger partial charge in [-0.3, -0.25) is 14.4 Å². The highest BCUT2D eigenvalue weighted by Crippen LogP contribution is 2.45.